The van der Waals surface area contributed by atoms with Crippen molar-refractivity contribution >= 4 is 11.6 Å². The lowest BCUT2D eigenvalue weighted by Crippen LogP contribution is -2.13. The summed E-state index contributed by atoms with van der Waals surface area (Å²) in [5, 5.41) is 10.1. The predicted octanol–water partition coefficient (Wildman–Crippen LogP) is 4.51. The van der Waals surface area contributed by atoms with Crippen molar-refractivity contribution in [3.63, 3.8) is 0 Å². The van der Waals surface area contributed by atoms with Crippen LogP contribution in [0, 0.1) is 6.92 Å². The molecule has 124 valence electrons. The van der Waals surface area contributed by atoms with Gasteiger partial charge < -0.3 is 5.21 Å². The van der Waals surface area contributed by atoms with Crippen LogP contribution in [0.15, 0.2) is 41.5 Å². The van der Waals surface area contributed by atoms with E-state index in [-0.39, 0.29) is 10.8 Å². The number of aromatic nitrogens is 2. The normalized spacial score (nSPS) is 11.9. The van der Waals surface area contributed by atoms with Crippen LogP contribution in [-0.2, 0) is 5.41 Å². The van der Waals surface area contributed by atoms with Gasteiger partial charge in [-0.1, -0.05) is 38.4 Å². The molecular weight excluding hydrogens is 324 g/mol. The largest absolute Gasteiger partial charge is 0.429 e. The average molecular weight is 343 g/mol. The second kappa shape index (κ2) is 5.64. The lowest BCUT2D eigenvalue weighted by atomic mass is 9.85. The second-order valence-corrected chi connectivity index (χ2v) is 7.43. The van der Waals surface area contributed by atoms with E-state index in [0.29, 0.717) is 22.0 Å². The number of nitrogens with zero attached hydrogens (tertiary/aromatic N) is 2. The van der Waals surface area contributed by atoms with Crippen LogP contribution in [-0.4, -0.2) is 14.9 Å². The molecular formula is C19H19ClN2O2. The number of halogens is 1. The lowest BCUT2D eigenvalue weighted by Gasteiger charge is -2.22. The number of rotatable bonds is 1. The molecule has 2 aliphatic heterocycles. The molecule has 0 unspecified atom stereocenters. The Hall–Kier alpha value is -2.33. The molecule has 3 rings (SSSR count). The summed E-state index contributed by atoms with van der Waals surface area (Å²) in [5.41, 5.74) is 4.18. The first-order chi connectivity index (χ1) is 11.2. The number of benzene rings is 1. The zero-order valence-electron chi connectivity index (χ0n) is 14.1. The molecule has 1 aromatic carbocycles. The Labute approximate surface area is 145 Å². The van der Waals surface area contributed by atoms with E-state index in [9.17, 15) is 10.0 Å². The minimum atomic E-state index is -0.186. The van der Waals surface area contributed by atoms with Gasteiger partial charge in [0.1, 0.15) is 0 Å². The maximum Gasteiger partial charge on any atom is 0.191 e. The molecule has 0 radical (unpaired) electrons. The second-order valence-electron chi connectivity index (χ2n) is 7.03. The highest BCUT2D eigenvalue weighted by molar-refractivity contribution is 6.31. The van der Waals surface area contributed by atoms with Crippen molar-refractivity contribution in [1.82, 2.24) is 9.71 Å². The fourth-order valence-corrected chi connectivity index (χ4v) is 3.25. The first kappa shape index (κ1) is 16.5. The van der Waals surface area contributed by atoms with E-state index < -0.39 is 0 Å². The Morgan fingerprint density at radius 3 is 2.50 bits per heavy atom. The van der Waals surface area contributed by atoms with E-state index in [1.54, 1.807) is 6.07 Å². The van der Waals surface area contributed by atoms with Gasteiger partial charge >= 0.3 is 0 Å². The van der Waals surface area contributed by atoms with Gasteiger partial charge in [0.05, 0.1) is 23.1 Å². The third-order valence-corrected chi connectivity index (χ3v) is 4.41. The van der Waals surface area contributed by atoms with Crippen molar-refractivity contribution in [2.75, 3.05) is 0 Å². The van der Waals surface area contributed by atoms with E-state index in [1.165, 1.54) is 18.5 Å². The van der Waals surface area contributed by atoms with Crippen molar-refractivity contribution in [3.8, 4) is 22.5 Å². The summed E-state index contributed by atoms with van der Waals surface area (Å²) < 4.78 is 0.853. The number of aryl methyl sites for hydroxylation is 1. The Balaban J connectivity index is 2.22. The lowest BCUT2D eigenvalue weighted by molar-refractivity contribution is 0.184. The minimum absolute atomic E-state index is 0.0599. The summed E-state index contributed by atoms with van der Waals surface area (Å²) in [6.07, 6.45) is 2.80. The molecule has 0 saturated heterocycles. The Bertz CT molecular complexity index is 955. The number of pyridine rings is 2. The standard InChI is InChI=1S/C19H19ClN2O2/c1-11-7-14(19(2,3)4)15(20)8-12(11)17-9-18(23)13-10-22(24)6-5-16(13)21-17/h5-10,24H,1-4H3. The van der Waals surface area contributed by atoms with Crippen molar-refractivity contribution in [2.24, 2.45) is 0 Å². The molecule has 0 aliphatic carbocycles. The molecule has 2 aliphatic rings. The van der Waals surface area contributed by atoms with E-state index >= 15 is 0 Å². The average Bonchev–Trinajstić information content (AvgIpc) is 2.48. The molecule has 0 fully saturated rings. The molecule has 24 heavy (non-hydrogen) atoms. The van der Waals surface area contributed by atoms with Crippen molar-refractivity contribution in [2.45, 2.75) is 33.1 Å². The van der Waals surface area contributed by atoms with Gasteiger partial charge in [0.15, 0.2) is 5.43 Å². The topological polar surface area (TPSA) is 55.1 Å². The molecule has 5 heteroatoms. The van der Waals surface area contributed by atoms with Crippen LogP contribution in [0.4, 0.5) is 0 Å². The SMILES string of the molecule is Cc1cc(C(C)(C)C)c(Cl)cc1-c1cc(=O)c2cn(O)ccc-2n1. The molecule has 2 heterocycles. The summed E-state index contributed by atoms with van der Waals surface area (Å²) in [5.74, 6) is 0. The summed E-state index contributed by atoms with van der Waals surface area (Å²) in [7, 11) is 0. The van der Waals surface area contributed by atoms with Crippen LogP contribution >= 0.6 is 11.6 Å². The zero-order valence-corrected chi connectivity index (χ0v) is 14.8. The smallest absolute Gasteiger partial charge is 0.191 e. The third-order valence-electron chi connectivity index (χ3n) is 4.09. The van der Waals surface area contributed by atoms with Gasteiger partial charge in [0, 0.05) is 22.8 Å². The molecule has 0 spiro atoms. The fourth-order valence-electron chi connectivity index (χ4n) is 2.80. The summed E-state index contributed by atoms with van der Waals surface area (Å²) in [6.45, 7) is 8.33. The summed E-state index contributed by atoms with van der Waals surface area (Å²) >= 11 is 6.47. The first-order valence-corrected chi connectivity index (χ1v) is 8.08. The summed E-state index contributed by atoms with van der Waals surface area (Å²) in [6, 6.07) is 7.03. The van der Waals surface area contributed by atoms with Gasteiger partial charge in [-0.15, -0.1) is 0 Å². The molecule has 0 saturated carbocycles. The molecule has 1 N–H and O–H groups in total. The van der Waals surface area contributed by atoms with Crippen LogP contribution in [0.1, 0.15) is 31.9 Å². The number of hydrogen-bond donors (Lipinski definition) is 1. The van der Waals surface area contributed by atoms with Gasteiger partial charge in [0.2, 0.25) is 0 Å². The monoisotopic (exact) mass is 342 g/mol. The van der Waals surface area contributed by atoms with Gasteiger partial charge in [-0.25, -0.2) is 9.71 Å². The molecule has 0 amide bonds. The Morgan fingerprint density at radius 1 is 1.12 bits per heavy atom. The maximum atomic E-state index is 12.4. The highest BCUT2D eigenvalue weighted by atomic mass is 35.5. The van der Waals surface area contributed by atoms with Gasteiger partial charge in [-0.05, 0) is 35.6 Å². The molecule has 0 aromatic heterocycles. The first-order valence-electron chi connectivity index (χ1n) is 7.70. The molecule has 1 aromatic rings. The Kier molecular flexibility index (Phi) is 3.88. The van der Waals surface area contributed by atoms with Crippen molar-refractivity contribution in [3.05, 3.63) is 63.0 Å². The quantitative estimate of drug-likeness (QED) is 0.662. The van der Waals surface area contributed by atoms with Gasteiger partial charge in [-0.3, -0.25) is 4.79 Å². The maximum absolute atomic E-state index is 12.4. The van der Waals surface area contributed by atoms with Crippen molar-refractivity contribution in [1.29, 1.82) is 0 Å². The minimum Gasteiger partial charge on any atom is -0.429 e. The van der Waals surface area contributed by atoms with Gasteiger partial charge in [0.25, 0.3) is 0 Å². The van der Waals surface area contributed by atoms with E-state index in [4.69, 9.17) is 11.6 Å². The third kappa shape index (κ3) is 2.89. The number of fused-ring (bicyclic) bond motifs is 1. The molecule has 0 bridgehead atoms. The van der Waals surface area contributed by atoms with Crippen LogP contribution < -0.4 is 5.43 Å². The van der Waals surface area contributed by atoms with Gasteiger partial charge in [-0.2, -0.15) is 0 Å². The van der Waals surface area contributed by atoms with Crippen LogP contribution in [0.3, 0.4) is 0 Å². The highest BCUT2D eigenvalue weighted by Gasteiger charge is 2.20. The predicted molar refractivity (Wildman–Crippen MR) is 96.2 cm³/mol. The van der Waals surface area contributed by atoms with E-state index in [0.717, 1.165) is 21.4 Å². The number of hydrogen-bond acceptors (Lipinski definition) is 3. The van der Waals surface area contributed by atoms with Crippen LogP contribution in [0.5, 0.6) is 0 Å². The highest BCUT2D eigenvalue weighted by Crippen LogP contribution is 2.35. The van der Waals surface area contributed by atoms with E-state index in [2.05, 4.69) is 31.8 Å². The summed E-state index contributed by atoms with van der Waals surface area (Å²) in [4.78, 5) is 16.9. The Morgan fingerprint density at radius 2 is 1.83 bits per heavy atom. The molecule has 0 atom stereocenters. The van der Waals surface area contributed by atoms with Crippen molar-refractivity contribution < 1.29 is 5.21 Å². The van der Waals surface area contributed by atoms with Crippen LogP contribution in [0.25, 0.3) is 22.5 Å². The molecule has 4 nitrogen and oxygen atoms in total. The van der Waals surface area contributed by atoms with Crippen LogP contribution in [0.2, 0.25) is 5.02 Å². The zero-order chi connectivity index (χ0) is 17.6. The fraction of sp³-hybridized carbons (Fsp3) is 0.263. The van der Waals surface area contributed by atoms with E-state index in [1.807, 2.05) is 13.0 Å².